The molecule has 0 aliphatic rings. The van der Waals surface area contributed by atoms with Crippen molar-refractivity contribution in [3.8, 4) is 11.5 Å². The van der Waals surface area contributed by atoms with Gasteiger partial charge in [0.1, 0.15) is 11.5 Å². The smallest absolute Gasteiger partial charge is 0.129 e. The minimum absolute atomic E-state index is 0.257. The zero-order valence-electron chi connectivity index (χ0n) is 10.5. The highest BCUT2D eigenvalue weighted by Gasteiger charge is 2.02. The summed E-state index contributed by atoms with van der Waals surface area (Å²) in [6, 6.07) is 17.0. The number of anilines is 1. The van der Waals surface area contributed by atoms with Crippen LogP contribution in [0.5, 0.6) is 11.5 Å². The summed E-state index contributed by atoms with van der Waals surface area (Å²) in [5.74, 6) is 1.49. The lowest BCUT2D eigenvalue weighted by atomic mass is 10.2. The van der Waals surface area contributed by atoms with Crippen molar-refractivity contribution in [2.45, 2.75) is 6.10 Å². The molecule has 100 valence electrons. The van der Waals surface area contributed by atoms with Crippen molar-refractivity contribution < 1.29 is 14.9 Å². The van der Waals surface area contributed by atoms with E-state index < -0.39 is 6.10 Å². The first-order chi connectivity index (χ1) is 9.28. The lowest BCUT2D eigenvalue weighted by Crippen LogP contribution is -2.22. The molecule has 0 bridgehead atoms. The average Bonchev–Trinajstić information content (AvgIpc) is 2.46. The van der Waals surface area contributed by atoms with Gasteiger partial charge in [0.05, 0.1) is 12.7 Å². The lowest BCUT2D eigenvalue weighted by Gasteiger charge is -2.11. The largest absolute Gasteiger partial charge is 0.457 e. The molecular weight excluding hydrogens is 242 g/mol. The van der Waals surface area contributed by atoms with Crippen LogP contribution in [0, 0.1) is 0 Å². The van der Waals surface area contributed by atoms with Gasteiger partial charge in [0.15, 0.2) is 0 Å². The number of benzene rings is 2. The maximum Gasteiger partial charge on any atom is 0.129 e. The Kier molecular flexibility index (Phi) is 4.78. The van der Waals surface area contributed by atoms with Crippen LogP contribution in [0.1, 0.15) is 0 Å². The van der Waals surface area contributed by atoms with Gasteiger partial charge in [-0.25, -0.2) is 0 Å². The van der Waals surface area contributed by atoms with Gasteiger partial charge in [-0.05, 0) is 24.3 Å². The fraction of sp³-hybridized carbons (Fsp3) is 0.200. The van der Waals surface area contributed by atoms with Crippen LogP contribution in [0.2, 0.25) is 0 Å². The first-order valence-electron chi connectivity index (χ1n) is 6.13. The standard InChI is InChI=1S/C15H17NO3/c17-11-13(18)10-16-12-5-4-8-15(9-12)19-14-6-2-1-3-7-14/h1-9,13,16-18H,10-11H2. The van der Waals surface area contributed by atoms with Gasteiger partial charge in [-0.1, -0.05) is 24.3 Å². The van der Waals surface area contributed by atoms with Crippen molar-refractivity contribution >= 4 is 5.69 Å². The molecule has 1 unspecified atom stereocenters. The van der Waals surface area contributed by atoms with E-state index in [0.29, 0.717) is 6.54 Å². The molecule has 0 fully saturated rings. The second-order valence-electron chi connectivity index (χ2n) is 4.16. The van der Waals surface area contributed by atoms with E-state index in [1.807, 2.05) is 54.6 Å². The summed E-state index contributed by atoms with van der Waals surface area (Å²) in [6.07, 6.45) is -0.765. The minimum atomic E-state index is -0.765. The van der Waals surface area contributed by atoms with Crippen LogP contribution in [0.4, 0.5) is 5.69 Å². The Balaban J connectivity index is 1.99. The molecule has 0 heterocycles. The van der Waals surface area contributed by atoms with Crippen molar-refractivity contribution in [2.24, 2.45) is 0 Å². The van der Waals surface area contributed by atoms with Gasteiger partial charge < -0.3 is 20.3 Å². The second kappa shape index (κ2) is 6.78. The molecule has 0 radical (unpaired) electrons. The van der Waals surface area contributed by atoms with Gasteiger partial charge in [0, 0.05) is 18.3 Å². The minimum Gasteiger partial charge on any atom is -0.457 e. The number of aliphatic hydroxyl groups is 2. The van der Waals surface area contributed by atoms with Gasteiger partial charge in [-0.2, -0.15) is 0 Å². The number of nitrogens with one attached hydrogen (secondary N) is 1. The van der Waals surface area contributed by atoms with Crippen LogP contribution in [-0.2, 0) is 0 Å². The highest BCUT2D eigenvalue weighted by atomic mass is 16.5. The van der Waals surface area contributed by atoms with Gasteiger partial charge >= 0.3 is 0 Å². The molecule has 1 atom stereocenters. The van der Waals surface area contributed by atoms with Crippen LogP contribution in [0.15, 0.2) is 54.6 Å². The van der Waals surface area contributed by atoms with Gasteiger partial charge in [-0.15, -0.1) is 0 Å². The Morgan fingerprint density at radius 3 is 2.47 bits per heavy atom. The van der Waals surface area contributed by atoms with Crippen LogP contribution >= 0.6 is 0 Å². The third-order valence-electron chi connectivity index (χ3n) is 2.57. The first-order valence-corrected chi connectivity index (χ1v) is 6.13. The Hall–Kier alpha value is -2.04. The molecule has 2 aromatic rings. The summed E-state index contributed by atoms with van der Waals surface area (Å²) in [6.45, 7) is 0.0402. The molecule has 0 saturated carbocycles. The Bertz CT molecular complexity index is 502. The SMILES string of the molecule is OCC(O)CNc1cccc(Oc2ccccc2)c1. The van der Waals surface area contributed by atoms with Crippen molar-refractivity contribution in [3.63, 3.8) is 0 Å². The molecule has 0 saturated heterocycles. The molecule has 2 aromatic carbocycles. The molecule has 0 aliphatic heterocycles. The normalized spacial score (nSPS) is 11.9. The molecule has 4 nitrogen and oxygen atoms in total. The molecule has 0 aliphatic carbocycles. The highest BCUT2D eigenvalue weighted by Crippen LogP contribution is 2.23. The van der Waals surface area contributed by atoms with Gasteiger partial charge in [0.2, 0.25) is 0 Å². The zero-order chi connectivity index (χ0) is 13.5. The topological polar surface area (TPSA) is 61.7 Å². The van der Waals surface area contributed by atoms with Gasteiger partial charge in [-0.3, -0.25) is 0 Å². The molecule has 19 heavy (non-hydrogen) atoms. The lowest BCUT2D eigenvalue weighted by molar-refractivity contribution is 0.105. The third kappa shape index (κ3) is 4.28. The maximum atomic E-state index is 9.28. The highest BCUT2D eigenvalue weighted by molar-refractivity contribution is 5.49. The number of ether oxygens (including phenoxy) is 1. The fourth-order valence-corrected chi connectivity index (χ4v) is 1.59. The number of aliphatic hydroxyl groups excluding tert-OH is 2. The predicted octanol–water partition coefficient (Wildman–Crippen LogP) is 2.24. The Morgan fingerprint density at radius 2 is 1.74 bits per heavy atom. The van der Waals surface area contributed by atoms with E-state index in [0.717, 1.165) is 17.2 Å². The monoisotopic (exact) mass is 259 g/mol. The molecule has 0 amide bonds. The number of rotatable bonds is 6. The summed E-state index contributed by atoms with van der Waals surface area (Å²) >= 11 is 0. The summed E-state index contributed by atoms with van der Waals surface area (Å²) in [7, 11) is 0. The molecule has 0 spiro atoms. The van der Waals surface area contributed by atoms with Crippen molar-refractivity contribution in [1.29, 1.82) is 0 Å². The van der Waals surface area contributed by atoms with Crippen molar-refractivity contribution in [1.82, 2.24) is 0 Å². The third-order valence-corrected chi connectivity index (χ3v) is 2.57. The zero-order valence-corrected chi connectivity index (χ0v) is 10.5. The number of para-hydroxylation sites is 1. The molecule has 4 heteroatoms. The summed E-state index contributed by atoms with van der Waals surface area (Å²) < 4.78 is 5.70. The summed E-state index contributed by atoms with van der Waals surface area (Å²) in [5.41, 5.74) is 0.834. The summed E-state index contributed by atoms with van der Waals surface area (Å²) in [5, 5.41) is 21.1. The van der Waals surface area contributed by atoms with Crippen LogP contribution in [0.25, 0.3) is 0 Å². The number of hydrogen-bond acceptors (Lipinski definition) is 4. The van der Waals surface area contributed by atoms with E-state index in [1.54, 1.807) is 0 Å². The maximum absolute atomic E-state index is 9.28. The van der Waals surface area contributed by atoms with Crippen molar-refractivity contribution in [3.05, 3.63) is 54.6 Å². The second-order valence-corrected chi connectivity index (χ2v) is 4.16. The van der Waals surface area contributed by atoms with E-state index in [4.69, 9.17) is 9.84 Å². The molecule has 0 aromatic heterocycles. The Morgan fingerprint density at radius 1 is 1.00 bits per heavy atom. The van der Waals surface area contributed by atoms with E-state index in [-0.39, 0.29) is 6.61 Å². The van der Waals surface area contributed by atoms with Crippen LogP contribution < -0.4 is 10.1 Å². The molecular formula is C15H17NO3. The van der Waals surface area contributed by atoms with Crippen LogP contribution in [-0.4, -0.2) is 29.5 Å². The van der Waals surface area contributed by atoms with E-state index in [1.165, 1.54) is 0 Å². The number of hydrogen-bond donors (Lipinski definition) is 3. The fourth-order valence-electron chi connectivity index (χ4n) is 1.59. The first kappa shape index (κ1) is 13.4. The average molecular weight is 259 g/mol. The molecule has 3 N–H and O–H groups in total. The predicted molar refractivity (Wildman–Crippen MR) is 74.5 cm³/mol. The van der Waals surface area contributed by atoms with E-state index in [2.05, 4.69) is 5.32 Å². The summed E-state index contributed by atoms with van der Waals surface area (Å²) in [4.78, 5) is 0. The van der Waals surface area contributed by atoms with Crippen molar-refractivity contribution in [2.75, 3.05) is 18.5 Å². The molecule has 2 rings (SSSR count). The van der Waals surface area contributed by atoms with E-state index >= 15 is 0 Å². The van der Waals surface area contributed by atoms with E-state index in [9.17, 15) is 5.11 Å². The quantitative estimate of drug-likeness (QED) is 0.744. The van der Waals surface area contributed by atoms with Crippen LogP contribution in [0.3, 0.4) is 0 Å². The van der Waals surface area contributed by atoms with Gasteiger partial charge in [0.25, 0.3) is 0 Å². The Labute approximate surface area is 112 Å².